The van der Waals surface area contributed by atoms with Crippen LogP contribution >= 0.6 is 15.9 Å². The Hall–Kier alpha value is -2.41. The van der Waals surface area contributed by atoms with E-state index in [1.165, 1.54) is 35.6 Å². The van der Waals surface area contributed by atoms with Gasteiger partial charge >= 0.3 is 0 Å². The minimum absolute atomic E-state index is 0.154. The molecule has 1 fully saturated rings. The third-order valence-electron chi connectivity index (χ3n) is 5.56. The van der Waals surface area contributed by atoms with Crippen LogP contribution in [0.5, 0.6) is 5.75 Å². The summed E-state index contributed by atoms with van der Waals surface area (Å²) in [7, 11) is 0. The SMILES string of the molecule is CC(C(=O)NC1CCCCC1)N(Cc1ccc(Br)cc1)C(=O)COc1ccc(F)cc1. The molecule has 2 amide bonds. The van der Waals surface area contributed by atoms with Crippen LogP contribution in [0.15, 0.2) is 53.0 Å². The first kappa shape index (κ1) is 23.3. The smallest absolute Gasteiger partial charge is 0.261 e. The Kier molecular flexibility index (Phi) is 8.46. The number of nitrogens with zero attached hydrogens (tertiary/aromatic N) is 1. The Morgan fingerprint density at radius 1 is 1.10 bits per heavy atom. The van der Waals surface area contributed by atoms with Crippen LogP contribution < -0.4 is 10.1 Å². The fraction of sp³-hybridized carbons (Fsp3) is 0.417. The van der Waals surface area contributed by atoms with E-state index in [9.17, 15) is 14.0 Å². The number of rotatable bonds is 8. The number of hydrogen-bond acceptors (Lipinski definition) is 3. The van der Waals surface area contributed by atoms with E-state index in [0.29, 0.717) is 5.75 Å². The number of nitrogens with one attached hydrogen (secondary N) is 1. The zero-order valence-corrected chi connectivity index (χ0v) is 19.2. The van der Waals surface area contributed by atoms with Gasteiger partial charge in [0.15, 0.2) is 6.61 Å². The van der Waals surface area contributed by atoms with E-state index >= 15 is 0 Å². The van der Waals surface area contributed by atoms with Crippen molar-refractivity contribution in [3.8, 4) is 5.75 Å². The van der Waals surface area contributed by atoms with Crippen molar-refractivity contribution in [3.63, 3.8) is 0 Å². The first-order valence-corrected chi connectivity index (χ1v) is 11.4. The molecule has 0 saturated heterocycles. The Bertz CT molecular complexity index is 867. The topological polar surface area (TPSA) is 58.6 Å². The lowest BCUT2D eigenvalue weighted by Gasteiger charge is -2.31. The van der Waals surface area contributed by atoms with Crippen molar-refractivity contribution in [2.24, 2.45) is 0 Å². The quantitative estimate of drug-likeness (QED) is 0.576. The van der Waals surface area contributed by atoms with Gasteiger partial charge in [-0.05, 0) is 61.7 Å². The largest absolute Gasteiger partial charge is 0.484 e. The highest BCUT2D eigenvalue weighted by atomic mass is 79.9. The molecule has 0 aromatic heterocycles. The molecule has 1 unspecified atom stereocenters. The van der Waals surface area contributed by atoms with Crippen LogP contribution in [0.1, 0.15) is 44.6 Å². The van der Waals surface area contributed by atoms with E-state index in [4.69, 9.17) is 4.74 Å². The van der Waals surface area contributed by atoms with E-state index in [1.54, 1.807) is 6.92 Å². The van der Waals surface area contributed by atoms with Gasteiger partial charge < -0.3 is 15.0 Å². The van der Waals surface area contributed by atoms with Crippen LogP contribution in [-0.2, 0) is 16.1 Å². The van der Waals surface area contributed by atoms with Gasteiger partial charge in [-0.2, -0.15) is 0 Å². The average molecular weight is 491 g/mol. The molecule has 2 aromatic carbocycles. The highest BCUT2D eigenvalue weighted by molar-refractivity contribution is 9.10. The third-order valence-corrected chi connectivity index (χ3v) is 6.09. The van der Waals surface area contributed by atoms with Crippen LogP contribution in [0.3, 0.4) is 0 Å². The summed E-state index contributed by atoms with van der Waals surface area (Å²) in [5.41, 5.74) is 0.913. The molecule has 0 bridgehead atoms. The molecule has 1 aliphatic carbocycles. The highest BCUT2D eigenvalue weighted by Crippen LogP contribution is 2.19. The first-order chi connectivity index (χ1) is 14.9. The molecule has 2 aromatic rings. The molecule has 166 valence electrons. The summed E-state index contributed by atoms with van der Waals surface area (Å²) < 4.78 is 19.6. The van der Waals surface area contributed by atoms with Crippen molar-refractivity contribution in [2.75, 3.05) is 6.61 Å². The predicted octanol–water partition coefficient (Wildman–Crippen LogP) is 4.83. The number of hydrogen-bond donors (Lipinski definition) is 1. The van der Waals surface area contributed by atoms with Gasteiger partial charge in [-0.3, -0.25) is 9.59 Å². The monoisotopic (exact) mass is 490 g/mol. The van der Waals surface area contributed by atoms with Gasteiger partial charge in [0.05, 0.1) is 0 Å². The normalized spacial score (nSPS) is 15.2. The predicted molar refractivity (Wildman–Crippen MR) is 121 cm³/mol. The van der Waals surface area contributed by atoms with Crippen LogP contribution in [0.2, 0.25) is 0 Å². The number of carbonyl (C=O) groups is 2. The van der Waals surface area contributed by atoms with E-state index in [1.807, 2.05) is 24.3 Å². The molecular weight excluding hydrogens is 463 g/mol. The molecular formula is C24H28BrFN2O3. The maximum absolute atomic E-state index is 13.1. The second-order valence-electron chi connectivity index (χ2n) is 7.91. The van der Waals surface area contributed by atoms with Gasteiger partial charge in [0.2, 0.25) is 5.91 Å². The maximum Gasteiger partial charge on any atom is 0.261 e. The van der Waals surface area contributed by atoms with Crippen molar-refractivity contribution < 1.29 is 18.7 Å². The summed E-state index contributed by atoms with van der Waals surface area (Å²) in [6.45, 7) is 1.80. The van der Waals surface area contributed by atoms with Gasteiger partial charge in [0.25, 0.3) is 5.91 Å². The van der Waals surface area contributed by atoms with E-state index < -0.39 is 6.04 Å². The van der Waals surface area contributed by atoms with Crippen molar-refractivity contribution in [1.82, 2.24) is 10.2 Å². The molecule has 0 spiro atoms. The molecule has 7 heteroatoms. The van der Waals surface area contributed by atoms with Crippen molar-refractivity contribution in [1.29, 1.82) is 0 Å². The van der Waals surface area contributed by atoms with Gasteiger partial charge in [0, 0.05) is 17.1 Å². The van der Waals surface area contributed by atoms with Crippen molar-refractivity contribution in [2.45, 2.75) is 57.7 Å². The van der Waals surface area contributed by atoms with Crippen molar-refractivity contribution in [3.05, 3.63) is 64.4 Å². The molecule has 0 radical (unpaired) electrons. The Labute approximate surface area is 191 Å². The van der Waals surface area contributed by atoms with Gasteiger partial charge in [0.1, 0.15) is 17.6 Å². The van der Waals surface area contributed by atoms with E-state index in [0.717, 1.165) is 35.7 Å². The van der Waals surface area contributed by atoms with Crippen LogP contribution in [0, 0.1) is 5.82 Å². The summed E-state index contributed by atoms with van der Waals surface area (Å²) in [4.78, 5) is 27.5. The number of amides is 2. The Morgan fingerprint density at radius 2 is 1.74 bits per heavy atom. The lowest BCUT2D eigenvalue weighted by molar-refractivity contribution is -0.142. The fourth-order valence-electron chi connectivity index (χ4n) is 3.70. The molecule has 0 aliphatic heterocycles. The lowest BCUT2D eigenvalue weighted by atomic mass is 9.95. The van der Waals surface area contributed by atoms with E-state index in [-0.39, 0.29) is 36.8 Å². The molecule has 3 rings (SSSR count). The van der Waals surface area contributed by atoms with Gasteiger partial charge in [-0.25, -0.2) is 4.39 Å². The van der Waals surface area contributed by atoms with Gasteiger partial charge in [-0.15, -0.1) is 0 Å². The summed E-state index contributed by atoms with van der Waals surface area (Å²) in [5, 5.41) is 3.11. The van der Waals surface area contributed by atoms with Crippen LogP contribution in [0.25, 0.3) is 0 Å². The van der Waals surface area contributed by atoms with Crippen molar-refractivity contribution >= 4 is 27.7 Å². The minimum Gasteiger partial charge on any atom is -0.484 e. The summed E-state index contributed by atoms with van der Waals surface area (Å²) in [5.74, 6) is -0.432. The Balaban J connectivity index is 1.69. The summed E-state index contributed by atoms with van der Waals surface area (Å²) >= 11 is 3.41. The summed E-state index contributed by atoms with van der Waals surface area (Å²) in [6, 6.07) is 12.7. The summed E-state index contributed by atoms with van der Waals surface area (Å²) in [6.07, 6.45) is 5.40. The number of halogens is 2. The molecule has 1 saturated carbocycles. The van der Waals surface area contributed by atoms with Gasteiger partial charge in [-0.1, -0.05) is 47.3 Å². The van der Waals surface area contributed by atoms with Crippen LogP contribution in [-0.4, -0.2) is 35.4 Å². The fourth-order valence-corrected chi connectivity index (χ4v) is 3.96. The second-order valence-corrected chi connectivity index (χ2v) is 8.83. The zero-order valence-electron chi connectivity index (χ0n) is 17.7. The minimum atomic E-state index is -0.644. The standard InChI is InChI=1S/C24H28BrFN2O3/c1-17(24(30)27-21-5-3-2-4-6-21)28(15-18-7-9-19(25)10-8-18)23(29)16-31-22-13-11-20(26)12-14-22/h7-14,17,21H,2-6,15-16H2,1H3,(H,27,30). The third kappa shape index (κ3) is 7.06. The molecule has 1 N–H and O–H groups in total. The lowest BCUT2D eigenvalue weighted by Crippen LogP contribution is -2.51. The second kappa shape index (κ2) is 11.3. The molecule has 5 nitrogen and oxygen atoms in total. The molecule has 1 atom stereocenters. The number of carbonyl (C=O) groups excluding carboxylic acids is 2. The molecule has 0 heterocycles. The zero-order chi connectivity index (χ0) is 22.2. The number of ether oxygens (including phenoxy) is 1. The number of benzene rings is 2. The first-order valence-electron chi connectivity index (χ1n) is 10.6. The Morgan fingerprint density at radius 3 is 2.39 bits per heavy atom. The maximum atomic E-state index is 13.1. The average Bonchev–Trinajstić information content (AvgIpc) is 2.78. The van der Waals surface area contributed by atoms with Crippen LogP contribution in [0.4, 0.5) is 4.39 Å². The van der Waals surface area contributed by atoms with E-state index in [2.05, 4.69) is 21.2 Å². The molecule has 1 aliphatic rings. The highest BCUT2D eigenvalue weighted by Gasteiger charge is 2.28. The molecule has 31 heavy (non-hydrogen) atoms.